The molecule has 2 rings (SSSR count). The summed E-state index contributed by atoms with van der Waals surface area (Å²) in [5, 5.41) is 2.69. The van der Waals surface area contributed by atoms with Crippen LogP contribution in [-0.4, -0.2) is 11.7 Å². The lowest BCUT2D eigenvalue weighted by Crippen LogP contribution is -2.07. The van der Waals surface area contributed by atoms with Crippen LogP contribution in [0.3, 0.4) is 0 Å². The van der Waals surface area contributed by atoms with Gasteiger partial charge in [-0.15, -0.1) is 0 Å². The Bertz CT molecular complexity index is 635. The second-order valence-electron chi connectivity index (χ2n) is 4.46. The largest absolute Gasteiger partial charge is 0.326 e. The van der Waals surface area contributed by atoms with Crippen LogP contribution in [0.25, 0.3) is 0 Å². The molecule has 0 bridgehead atoms. The maximum atomic E-state index is 12.2. The van der Waals surface area contributed by atoms with Gasteiger partial charge in [-0.1, -0.05) is 46.3 Å². The second-order valence-corrected chi connectivity index (χ2v) is 5.31. The van der Waals surface area contributed by atoms with Gasteiger partial charge in [-0.2, -0.15) is 0 Å². The number of rotatable bonds is 4. The molecule has 0 aliphatic rings. The first kappa shape index (κ1) is 14.5. The molecule has 2 aromatic rings. The number of amides is 1. The van der Waals surface area contributed by atoms with Crippen LogP contribution < -0.4 is 5.32 Å². The molecule has 0 aromatic heterocycles. The Morgan fingerprint density at radius 2 is 1.70 bits per heavy atom. The van der Waals surface area contributed by atoms with Crippen molar-refractivity contribution in [3.8, 4) is 0 Å². The Morgan fingerprint density at radius 3 is 2.30 bits per heavy atom. The highest BCUT2D eigenvalue weighted by Gasteiger charge is 2.10. The van der Waals surface area contributed by atoms with E-state index in [1.54, 1.807) is 18.2 Å². The SMILES string of the molecule is CC(=O)Nc1ccc(CC(=O)c2ccccc2Br)cc1. The molecule has 20 heavy (non-hydrogen) atoms. The predicted octanol–water partition coefficient (Wildman–Crippen LogP) is 3.83. The van der Waals surface area contributed by atoms with E-state index in [2.05, 4.69) is 21.2 Å². The van der Waals surface area contributed by atoms with Crippen LogP contribution in [0.4, 0.5) is 5.69 Å². The zero-order valence-electron chi connectivity index (χ0n) is 11.0. The summed E-state index contributed by atoms with van der Waals surface area (Å²) in [7, 11) is 0. The smallest absolute Gasteiger partial charge is 0.221 e. The Morgan fingerprint density at radius 1 is 1.05 bits per heavy atom. The van der Waals surface area contributed by atoms with Crippen molar-refractivity contribution in [2.75, 3.05) is 5.32 Å². The van der Waals surface area contributed by atoms with Gasteiger partial charge in [0.1, 0.15) is 0 Å². The molecule has 0 spiro atoms. The maximum absolute atomic E-state index is 12.2. The van der Waals surface area contributed by atoms with Crippen molar-refractivity contribution in [1.82, 2.24) is 0 Å². The van der Waals surface area contributed by atoms with Crippen molar-refractivity contribution in [3.63, 3.8) is 0 Å². The summed E-state index contributed by atoms with van der Waals surface area (Å²) in [6.45, 7) is 1.46. The number of carbonyl (C=O) groups is 2. The van der Waals surface area contributed by atoms with Crippen LogP contribution in [0.15, 0.2) is 53.0 Å². The fourth-order valence-electron chi connectivity index (χ4n) is 1.88. The zero-order chi connectivity index (χ0) is 14.5. The minimum absolute atomic E-state index is 0.0600. The summed E-state index contributed by atoms with van der Waals surface area (Å²) >= 11 is 3.38. The van der Waals surface area contributed by atoms with Gasteiger partial charge in [0.05, 0.1) is 0 Å². The summed E-state index contributed by atoms with van der Waals surface area (Å²) < 4.78 is 0.805. The monoisotopic (exact) mass is 331 g/mol. The Kier molecular flexibility index (Phi) is 4.69. The molecule has 2 aromatic carbocycles. The fraction of sp³-hybridized carbons (Fsp3) is 0.125. The third-order valence-corrected chi connectivity index (χ3v) is 3.50. The van der Waals surface area contributed by atoms with E-state index in [4.69, 9.17) is 0 Å². The molecule has 0 saturated heterocycles. The zero-order valence-corrected chi connectivity index (χ0v) is 12.6. The van der Waals surface area contributed by atoms with E-state index in [1.807, 2.05) is 30.3 Å². The average molecular weight is 332 g/mol. The van der Waals surface area contributed by atoms with E-state index in [9.17, 15) is 9.59 Å². The standard InChI is InChI=1S/C16H14BrNO2/c1-11(19)18-13-8-6-12(7-9-13)10-16(20)14-4-2-3-5-15(14)17/h2-9H,10H2,1H3,(H,18,19). The molecule has 102 valence electrons. The van der Waals surface area contributed by atoms with Gasteiger partial charge in [0, 0.05) is 29.1 Å². The maximum Gasteiger partial charge on any atom is 0.221 e. The second kappa shape index (κ2) is 6.48. The molecule has 0 heterocycles. The van der Waals surface area contributed by atoms with Crippen LogP contribution in [0.2, 0.25) is 0 Å². The van der Waals surface area contributed by atoms with E-state index >= 15 is 0 Å². The third-order valence-electron chi connectivity index (χ3n) is 2.81. The van der Waals surface area contributed by atoms with Crippen molar-refractivity contribution < 1.29 is 9.59 Å². The summed E-state index contributed by atoms with van der Waals surface area (Å²) in [5.74, 6) is -0.0493. The molecular weight excluding hydrogens is 318 g/mol. The molecule has 1 N–H and O–H groups in total. The van der Waals surface area contributed by atoms with Gasteiger partial charge in [0.2, 0.25) is 5.91 Å². The lowest BCUT2D eigenvalue weighted by molar-refractivity contribution is -0.114. The predicted molar refractivity (Wildman–Crippen MR) is 82.9 cm³/mol. The lowest BCUT2D eigenvalue weighted by Gasteiger charge is -2.06. The number of ketones is 1. The summed E-state index contributed by atoms with van der Waals surface area (Å²) in [6, 6.07) is 14.7. The number of Topliss-reactive ketones (excluding diaryl/α,β-unsaturated/α-hetero) is 1. The molecule has 4 heteroatoms. The molecule has 0 aliphatic carbocycles. The Balaban J connectivity index is 2.09. The van der Waals surface area contributed by atoms with E-state index in [0.29, 0.717) is 12.0 Å². The number of carbonyl (C=O) groups excluding carboxylic acids is 2. The first-order chi connectivity index (χ1) is 9.56. The topological polar surface area (TPSA) is 46.2 Å². The summed E-state index contributed by atoms with van der Waals surface area (Å²) in [4.78, 5) is 23.1. The number of anilines is 1. The van der Waals surface area contributed by atoms with Gasteiger partial charge >= 0.3 is 0 Å². The Hall–Kier alpha value is -1.94. The van der Waals surface area contributed by atoms with Gasteiger partial charge in [-0.3, -0.25) is 9.59 Å². The first-order valence-electron chi connectivity index (χ1n) is 6.20. The summed E-state index contributed by atoms with van der Waals surface area (Å²) in [6.07, 6.45) is 0.336. The van der Waals surface area contributed by atoms with Gasteiger partial charge < -0.3 is 5.32 Å². The normalized spacial score (nSPS) is 10.1. The van der Waals surface area contributed by atoms with Crippen LogP contribution in [0, 0.1) is 0 Å². The quantitative estimate of drug-likeness (QED) is 0.865. The van der Waals surface area contributed by atoms with Gasteiger partial charge in [0.25, 0.3) is 0 Å². The van der Waals surface area contributed by atoms with Crippen LogP contribution in [0.1, 0.15) is 22.8 Å². The number of nitrogens with one attached hydrogen (secondary N) is 1. The van der Waals surface area contributed by atoms with Gasteiger partial charge in [0.15, 0.2) is 5.78 Å². The highest BCUT2D eigenvalue weighted by Crippen LogP contribution is 2.19. The van der Waals surface area contributed by atoms with E-state index < -0.39 is 0 Å². The minimum Gasteiger partial charge on any atom is -0.326 e. The van der Waals surface area contributed by atoms with Crippen LogP contribution >= 0.6 is 15.9 Å². The van der Waals surface area contributed by atoms with Crippen LogP contribution in [-0.2, 0) is 11.2 Å². The van der Waals surface area contributed by atoms with Crippen molar-refractivity contribution in [1.29, 1.82) is 0 Å². The molecule has 0 saturated carbocycles. The average Bonchev–Trinajstić information content (AvgIpc) is 2.41. The van der Waals surface area contributed by atoms with Crippen LogP contribution in [0.5, 0.6) is 0 Å². The highest BCUT2D eigenvalue weighted by atomic mass is 79.9. The van der Waals surface area contributed by atoms with E-state index in [0.717, 1.165) is 15.7 Å². The first-order valence-corrected chi connectivity index (χ1v) is 7.00. The molecule has 0 radical (unpaired) electrons. The lowest BCUT2D eigenvalue weighted by atomic mass is 10.0. The van der Waals surface area contributed by atoms with E-state index in [1.165, 1.54) is 6.92 Å². The number of benzene rings is 2. The third kappa shape index (κ3) is 3.78. The number of hydrogen-bond donors (Lipinski definition) is 1. The molecule has 0 fully saturated rings. The van der Waals surface area contributed by atoms with Crippen molar-refractivity contribution in [3.05, 3.63) is 64.1 Å². The van der Waals surface area contributed by atoms with E-state index in [-0.39, 0.29) is 11.7 Å². The van der Waals surface area contributed by atoms with Gasteiger partial charge in [-0.05, 0) is 23.8 Å². The minimum atomic E-state index is -0.109. The number of hydrogen-bond acceptors (Lipinski definition) is 2. The molecule has 3 nitrogen and oxygen atoms in total. The molecular formula is C16H14BrNO2. The molecule has 0 atom stereocenters. The van der Waals surface area contributed by atoms with Gasteiger partial charge in [-0.25, -0.2) is 0 Å². The van der Waals surface area contributed by atoms with Crippen molar-refractivity contribution in [2.24, 2.45) is 0 Å². The van der Waals surface area contributed by atoms with Crippen molar-refractivity contribution >= 4 is 33.3 Å². The molecule has 1 amide bonds. The molecule has 0 unspecified atom stereocenters. The Labute approximate surface area is 126 Å². The highest BCUT2D eigenvalue weighted by molar-refractivity contribution is 9.10. The summed E-state index contributed by atoms with van der Waals surface area (Å²) in [5.41, 5.74) is 2.33. The van der Waals surface area contributed by atoms with Crippen molar-refractivity contribution in [2.45, 2.75) is 13.3 Å². The molecule has 0 aliphatic heterocycles. The fourth-order valence-corrected chi connectivity index (χ4v) is 2.38. The number of halogens is 1.